The first-order chi connectivity index (χ1) is 17.0. The highest BCUT2D eigenvalue weighted by molar-refractivity contribution is 7.89. The van der Waals surface area contributed by atoms with Crippen LogP contribution in [0.15, 0.2) is 102 Å². The first kappa shape index (κ1) is 21.6. The Kier molecular flexibility index (Phi) is 5.18. The topological polar surface area (TPSA) is 84.0 Å². The number of benzene rings is 4. The van der Waals surface area contributed by atoms with Gasteiger partial charge in [0.15, 0.2) is 0 Å². The molecule has 6 rings (SSSR count). The molecule has 0 aliphatic heterocycles. The largest absolute Gasteiger partial charge is 0.253 e. The van der Waals surface area contributed by atoms with Crippen LogP contribution < -0.4 is 10.3 Å². The predicted molar refractivity (Wildman–Crippen MR) is 137 cm³/mol. The molecule has 1 aliphatic rings. The molecule has 0 spiro atoms. The number of fused-ring (bicyclic) bond motifs is 4. The second kappa shape index (κ2) is 8.39. The maximum atomic E-state index is 13.1. The van der Waals surface area contributed by atoms with Crippen molar-refractivity contribution in [1.82, 2.24) is 20.5 Å². The van der Waals surface area contributed by atoms with Crippen molar-refractivity contribution in [3.63, 3.8) is 0 Å². The average Bonchev–Trinajstić information content (AvgIpc) is 3.21. The summed E-state index contributed by atoms with van der Waals surface area (Å²) in [6.45, 7) is 1.92. The molecule has 4 aromatic carbocycles. The Labute approximate surface area is 203 Å². The third-order valence-corrected chi connectivity index (χ3v) is 7.74. The molecule has 0 saturated heterocycles. The first-order valence-corrected chi connectivity index (χ1v) is 12.8. The Morgan fingerprint density at radius 3 is 2.26 bits per heavy atom. The van der Waals surface area contributed by atoms with E-state index < -0.39 is 10.0 Å². The number of rotatable bonds is 5. The van der Waals surface area contributed by atoms with Crippen molar-refractivity contribution in [1.29, 1.82) is 0 Å². The molecule has 0 fully saturated rings. The van der Waals surface area contributed by atoms with Gasteiger partial charge in [-0.15, -0.1) is 4.83 Å². The predicted octanol–water partition coefficient (Wildman–Crippen LogP) is 5.16. The first-order valence-electron chi connectivity index (χ1n) is 11.3. The molecule has 1 aliphatic carbocycles. The van der Waals surface area contributed by atoms with Crippen LogP contribution in [-0.2, 0) is 10.0 Å². The van der Waals surface area contributed by atoms with Crippen LogP contribution in [0.3, 0.4) is 0 Å². The van der Waals surface area contributed by atoms with Crippen LogP contribution >= 0.6 is 0 Å². The summed E-state index contributed by atoms with van der Waals surface area (Å²) >= 11 is 0. The Morgan fingerprint density at radius 1 is 0.743 bits per heavy atom. The van der Waals surface area contributed by atoms with Crippen LogP contribution in [0.25, 0.3) is 33.2 Å². The molecule has 1 aromatic heterocycles. The van der Waals surface area contributed by atoms with Crippen molar-refractivity contribution in [3.8, 4) is 22.3 Å². The van der Waals surface area contributed by atoms with Gasteiger partial charge in [-0.2, -0.15) is 10.2 Å². The molecule has 35 heavy (non-hydrogen) atoms. The van der Waals surface area contributed by atoms with Crippen LogP contribution in [0.2, 0.25) is 0 Å². The van der Waals surface area contributed by atoms with Crippen molar-refractivity contribution in [2.45, 2.75) is 17.9 Å². The highest BCUT2D eigenvalue weighted by atomic mass is 32.2. The van der Waals surface area contributed by atoms with Gasteiger partial charge in [-0.05, 0) is 52.9 Å². The van der Waals surface area contributed by atoms with E-state index in [-0.39, 0.29) is 10.9 Å². The Morgan fingerprint density at radius 2 is 1.43 bits per heavy atom. The van der Waals surface area contributed by atoms with Crippen LogP contribution in [0.5, 0.6) is 0 Å². The summed E-state index contributed by atoms with van der Waals surface area (Å²) in [7, 11) is -3.77. The second-order valence-corrected chi connectivity index (χ2v) is 10.3. The number of hydrogen-bond acceptors (Lipinski definition) is 5. The van der Waals surface area contributed by atoms with E-state index in [0.29, 0.717) is 0 Å². The van der Waals surface area contributed by atoms with Gasteiger partial charge in [0.05, 0.1) is 22.7 Å². The molecule has 172 valence electrons. The van der Waals surface area contributed by atoms with E-state index in [1.54, 1.807) is 30.5 Å². The number of hydrazine groups is 1. The third-order valence-electron chi connectivity index (χ3n) is 6.46. The van der Waals surface area contributed by atoms with Crippen molar-refractivity contribution < 1.29 is 8.42 Å². The number of hydrogen-bond donors (Lipinski definition) is 2. The summed E-state index contributed by atoms with van der Waals surface area (Å²) in [4.78, 5) is 2.84. The molecule has 0 saturated carbocycles. The summed E-state index contributed by atoms with van der Waals surface area (Å²) in [5.41, 5.74) is 11.0. The molecular weight excluding hydrogens is 456 g/mol. The minimum atomic E-state index is -3.77. The molecule has 7 heteroatoms. The number of nitrogens with zero attached hydrogens (tertiary/aromatic N) is 2. The normalized spacial score (nSPS) is 14.6. The van der Waals surface area contributed by atoms with Gasteiger partial charge in [0, 0.05) is 10.9 Å². The number of nitrogens with one attached hydrogen (secondary N) is 2. The van der Waals surface area contributed by atoms with Gasteiger partial charge in [0.25, 0.3) is 10.0 Å². The van der Waals surface area contributed by atoms with E-state index >= 15 is 0 Å². The van der Waals surface area contributed by atoms with Crippen molar-refractivity contribution in [2.75, 3.05) is 0 Å². The number of aryl methyl sites for hydroxylation is 1. The average molecular weight is 479 g/mol. The Bertz CT molecular complexity index is 1680. The van der Waals surface area contributed by atoms with E-state index in [1.165, 1.54) is 0 Å². The van der Waals surface area contributed by atoms with Crippen molar-refractivity contribution in [2.24, 2.45) is 0 Å². The molecule has 0 radical (unpaired) electrons. The van der Waals surface area contributed by atoms with E-state index in [4.69, 9.17) is 0 Å². The standard InChI is InChI=1S/C28H22N4O2S/c1-18-13-15-19(16-14-18)35(33,34)32-31-28-24-9-3-2-7-20(24)22-10-6-11-23(27(22)28)25-17-29-30-26-12-5-4-8-21(25)26/h2-17,28,31-32H,1H3. The van der Waals surface area contributed by atoms with E-state index in [9.17, 15) is 8.42 Å². The molecule has 0 amide bonds. The molecule has 1 unspecified atom stereocenters. The lowest BCUT2D eigenvalue weighted by Crippen LogP contribution is -2.39. The minimum absolute atomic E-state index is 0.208. The molecule has 0 bridgehead atoms. The summed E-state index contributed by atoms with van der Waals surface area (Å²) < 4.78 is 26.1. The SMILES string of the molecule is Cc1ccc(S(=O)(=O)NNC2c3ccccc3-c3cccc(-c4cnnc5ccccc45)c32)cc1. The van der Waals surface area contributed by atoms with Gasteiger partial charge in [-0.25, -0.2) is 13.8 Å². The lowest BCUT2D eigenvalue weighted by atomic mass is 9.93. The lowest BCUT2D eigenvalue weighted by molar-refractivity contribution is 0.533. The Hall–Kier alpha value is -3.91. The fourth-order valence-electron chi connectivity index (χ4n) is 4.78. The highest BCUT2D eigenvalue weighted by Gasteiger charge is 2.32. The van der Waals surface area contributed by atoms with Crippen molar-refractivity contribution >= 4 is 20.9 Å². The molecule has 2 N–H and O–H groups in total. The third kappa shape index (κ3) is 3.70. The highest BCUT2D eigenvalue weighted by Crippen LogP contribution is 2.48. The molecule has 5 aromatic rings. The zero-order valence-corrected chi connectivity index (χ0v) is 19.8. The maximum Gasteiger partial charge on any atom is 0.253 e. The van der Waals surface area contributed by atoms with E-state index in [1.807, 2.05) is 55.5 Å². The zero-order valence-electron chi connectivity index (χ0n) is 18.9. The maximum absolute atomic E-state index is 13.1. The summed E-state index contributed by atoms with van der Waals surface area (Å²) in [5.74, 6) is 0. The van der Waals surface area contributed by atoms with E-state index in [0.717, 1.165) is 49.8 Å². The van der Waals surface area contributed by atoms with Crippen LogP contribution in [0.1, 0.15) is 22.7 Å². The monoisotopic (exact) mass is 478 g/mol. The number of sulfonamides is 1. The fraction of sp³-hybridized carbons (Fsp3) is 0.0714. The lowest BCUT2D eigenvalue weighted by Gasteiger charge is -2.20. The van der Waals surface area contributed by atoms with E-state index in [2.05, 4.69) is 38.7 Å². The van der Waals surface area contributed by atoms with Crippen LogP contribution in [-0.4, -0.2) is 18.6 Å². The van der Waals surface area contributed by atoms with Crippen LogP contribution in [0.4, 0.5) is 0 Å². The quantitative estimate of drug-likeness (QED) is 0.341. The fourth-order valence-corrected chi connectivity index (χ4v) is 5.67. The molecule has 1 atom stereocenters. The van der Waals surface area contributed by atoms with Gasteiger partial charge in [-0.3, -0.25) is 0 Å². The molecule has 1 heterocycles. The second-order valence-electron chi connectivity index (χ2n) is 8.63. The van der Waals surface area contributed by atoms with Gasteiger partial charge in [0.1, 0.15) is 0 Å². The summed E-state index contributed by atoms with van der Waals surface area (Å²) in [5, 5.41) is 9.50. The molecule has 6 nitrogen and oxygen atoms in total. The minimum Gasteiger partial charge on any atom is -0.232 e. The Balaban J connectivity index is 1.47. The van der Waals surface area contributed by atoms with Crippen LogP contribution in [0, 0.1) is 6.92 Å². The van der Waals surface area contributed by atoms with Crippen molar-refractivity contribution in [3.05, 3.63) is 114 Å². The summed E-state index contributed by atoms with van der Waals surface area (Å²) in [6, 6.07) is 28.5. The van der Waals surface area contributed by atoms with Gasteiger partial charge in [0.2, 0.25) is 0 Å². The van der Waals surface area contributed by atoms with Gasteiger partial charge in [-0.1, -0.05) is 78.4 Å². The molecular formula is C28H22N4O2S. The zero-order chi connectivity index (χ0) is 24.0. The number of aromatic nitrogens is 2. The van der Waals surface area contributed by atoms with Gasteiger partial charge < -0.3 is 0 Å². The summed E-state index contributed by atoms with van der Waals surface area (Å²) in [6.07, 6.45) is 1.77. The van der Waals surface area contributed by atoms with Gasteiger partial charge >= 0.3 is 0 Å². The smallest absolute Gasteiger partial charge is 0.232 e.